The van der Waals surface area contributed by atoms with Crippen LogP contribution in [0.5, 0.6) is 0 Å². The molecule has 0 amide bonds. The van der Waals surface area contributed by atoms with Crippen LogP contribution in [0.2, 0.25) is 0 Å². The van der Waals surface area contributed by atoms with Crippen LogP contribution in [0.25, 0.3) is 0 Å². The summed E-state index contributed by atoms with van der Waals surface area (Å²) in [5, 5.41) is 15.0. The summed E-state index contributed by atoms with van der Waals surface area (Å²) in [7, 11) is 0. The fourth-order valence-corrected chi connectivity index (χ4v) is 3.75. The molecule has 23 heavy (non-hydrogen) atoms. The predicted octanol–water partition coefficient (Wildman–Crippen LogP) is 2.89. The summed E-state index contributed by atoms with van der Waals surface area (Å²) in [4.78, 5) is 17.7. The summed E-state index contributed by atoms with van der Waals surface area (Å²) < 4.78 is 0. The van der Waals surface area contributed by atoms with Gasteiger partial charge in [0.15, 0.2) is 5.96 Å². The first-order valence-corrected chi connectivity index (χ1v) is 9.07. The zero-order valence-corrected chi connectivity index (χ0v) is 14.5. The molecule has 0 aromatic heterocycles. The topological polar surface area (TPSA) is 70.8 Å². The second kappa shape index (κ2) is 8.76. The Labute approximate surface area is 141 Å². The van der Waals surface area contributed by atoms with Gasteiger partial charge >= 0.3 is 0 Å². The molecule has 1 saturated heterocycles. The van der Waals surface area contributed by atoms with Gasteiger partial charge in [0.1, 0.15) is 0 Å². The SMILES string of the molecule is CCNC(=NCc1ccccc1[N+](=O)[O-])N1CCSC(CC)C1. The number of hydrogen-bond acceptors (Lipinski definition) is 4. The number of aliphatic imine (C=N–C) groups is 1. The number of nitro groups is 1. The highest BCUT2D eigenvalue weighted by atomic mass is 32.2. The Morgan fingerprint density at radius 2 is 2.26 bits per heavy atom. The molecule has 6 nitrogen and oxygen atoms in total. The maximum Gasteiger partial charge on any atom is 0.274 e. The van der Waals surface area contributed by atoms with E-state index >= 15 is 0 Å². The lowest BCUT2D eigenvalue weighted by Crippen LogP contribution is -2.48. The van der Waals surface area contributed by atoms with Crippen LogP contribution in [-0.2, 0) is 6.54 Å². The number of thioether (sulfide) groups is 1. The first kappa shape index (κ1) is 17.6. The average Bonchev–Trinajstić information content (AvgIpc) is 2.58. The van der Waals surface area contributed by atoms with Gasteiger partial charge in [-0.1, -0.05) is 25.1 Å². The smallest absolute Gasteiger partial charge is 0.274 e. The van der Waals surface area contributed by atoms with E-state index in [0.717, 1.165) is 37.8 Å². The zero-order chi connectivity index (χ0) is 16.7. The molecule has 1 fully saturated rings. The standard InChI is InChI=1S/C16H24N4O2S/c1-3-14-12-19(9-10-23-14)16(17-4-2)18-11-13-7-5-6-8-15(13)20(21)22/h5-8,14H,3-4,9-12H2,1-2H3,(H,17,18). The highest BCUT2D eigenvalue weighted by molar-refractivity contribution is 8.00. The molecule has 126 valence electrons. The molecule has 0 saturated carbocycles. The van der Waals surface area contributed by atoms with Gasteiger partial charge in [0.25, 0.3) is 5.69 Å². The molecule has 0 aliphatic carbocycles. The molecule has 1 atom stereocenters. The Morgan fingerprint density at radius 1 is 1.48 bits per heavy atom. The fraction of sp³-hybridized carbons (Fsp3) is 0.562. The number of nitro benzene ring substituents is 1. The van der Waals surface area contributed by atoms with Crippen LogP contribution in [-0.4, -0.2) is 46.4 Å². The third-order valence-corrected chi connectivity index (χ3v) is 5.19. The first-order valence-electron chi connectivity index (χ1n) is 8.02. The first-order chi connectivity index (χ1) is 11.2. The van der Waals surface area contributed by atoms with Crippen LogP contribution in [0.4, 0.5) is 5.69 Å². The molecular weight excluding hydrogens is 312 g/mol. The third-order valence-electron chi connectivity index (χ3n) is 3.82. The summed E-state index contributed by atoms with van der Waals surface area (Å²) in [6.45, 7) is 7.29. The number of nitrogens with one attached hydrogen (secondary N) is 1. The molecule has 0 spiro atoms. The van der Waals surface area contributed by atoms with Gasteiger partial charge in [0, 0.05) is 36.7 Å². The number of benzene rings is 1. The van der Waals surface area contributed by atoms with Crippen molar-refractivity contribution in [1.29, 1.82) is 0 Å². The van der Waals surface area contributed by atoms with Crippen molar-refractivity contribution in [2.75, 3.05) is 25.4 Å². The number of hydrogen-bond donors (Lipinski definition) is 1. The molecule has 1 aliphatic heterocycles. The molecule has 7 heteroatoms. The maximum absolute atomic E-state index is 11.1. The summed E-state index contributed by atoms with van der Waals surface area (Å²) in [5.74, 6) is 1.94. The molecule has 0 bridgehead atoms. The molecule has 0 radical (unpaired) electrons. The fourth-order valence-electron chi connectivity index (χ4n) is 2.57. The van der Waals surface area contributed by atoms with Gasteiger partial charge in [-0.15, -0.1) is 0 Å². The van der Waals surface area contributed by atoms with Crippen molar-refractivity contribution < 1.29 is 4.92 Å². The van der Waals surface area contributed by atoms with E-state index in [4.69, 9.17) is 0 Å². The van der Waals surface area contributed by atoms with E-state index in [1.807, 2.05) is 24.8 Å². The lowest BCUT2D eigenvalue weighted by atomic mass is 10.2. The maximum atomic E-state index is 11.1. The highest BCUT2D eigenvalue weighted by Crippen LogP contribution is 2.22. The van der Waals surface area contributed by atoms with E-state index in [1.165, 1.54) is 6.07 Å². The van der Waals surface area contributed by atoms with Crippen molar-refractivity contribution in [2.24, 2.45) is 4.99 Å². The quantitative estimate of drug-likeness (QED) is 0.387. The minimum absolute atomic E-state index is 0.132. The van der Waals surface area contributed by atoms with Crippen LogP contribution >= 0.6 is 11.8 Å². The summed E-state index contributed by atoms with van der Waals surface area (Å²) in [5.41, 5.74) is 0.777. The van der Waals surface area contributed by atoms with Crippen molar-refractivity contribution in [3.63, 3.8) is 0 Å². The highest BCUT2D eigenvalue weighted by Gasteiger charge is 2.21. The van der Waals surface area contributed by atoms with Crippen LogP contribution < -0.4 is 5.32 Å². The second-order valence-electron chi connectivity index (χ2n) is 5.40. The molecule has 1 aromatic rings. The van der Waals surface area contributed by atoms with E-state index in [1.54, 1.807) is 12.1 Å². The number of guanidine groups is 1. The van der Waals surface area contributed by atoms with Gasteiger partial charge < -0.3 is 10.2 Å². The molecule has 1 heterocycles. The van der Waals surface area contributed by atoms with Gasteiger partial charge in [0.2, 0.25) is 0 Å². The van der Waals surface area contributed by atoms with Gasteiger partial charge in [-0.05, 0) is 13.3 Å². The summed E-state index contributed by atoms with van der Waals surface area (Å²) in [6.07, 6.45) is 1.14. The van der Waals surface area contributed by atoms with Crippen molar-refractivity contribution in [3.8, 4) is 0 Å². The molecule has 1 unspecified atom stereocenters. The summed E-state index contributed by atoms with van der Waals surface area (Å²) >= 11 is 2.01. The van der Waals surface area contributed by atoms with Crippen molar-refractivity contribution in [2.45, 2.75) is 32.1 Å². The van der Waals surface area contributed by atoms with E-state index in [9.17, 15) is 10.1 Å². The van der Waals surface area contributed by atoms with Gasteiger partial charge in [-0.2, -0.15) is 11.8 Å². The number of rotatable bonds is 5. The Kier molecular flexibility index (Phi) is 6.70. The molecule has 2 rings (SSSR count). The van der Waals surface area contributed by atoms with E-state index < -0.39 is 0 Å². The third kappa shape index (κ3) is 4.86. The minimum atomic E-state index is -0.345. The zero-order valence-electron chi connectivity index (χ0n) is 13.7. The van der Waals surface area contributed by atoms with E-state index in [0.29, 0.717) is 17.4 Å². The van der Waals surface area contributed by atoms with Crippen molar-refractivity contribution in [1.82, 2.24) is 10.2 Å². The Hall–Kier alpha value is -1.76. The monoisotopic (exact) mass is 336 g/mol. The minimum Gasteiger partial charge on any atom is -0.357 e. The number of para-hydroxylation sites is 1. The van der Waals surface area contributed by atoms with E-state index in [-0.39, 0.29) is 10.6 Å². The van der Waals surface area contributed by atoms with Crippen LogP contribution in [0.15, 0.2) is 29.3 Å². The van der Waals surface area contributed by atoms with Crippen LogP contribution in [0.1, 0.15) is 25.8 Å². The Balaban J connectivity index is 2.14. The molecule has 1 aromatic carbocycles. The summed E-state index contributed by atoms with van der Waals surface area (Å²) in [6, 6.07) is 6.80. The Bertz CT molecular complexity index is 565. The lowest BCUT2D eigenvalue weighted by Gasteiger charge is -2.34. The average molecular weight is 336 g/mol. The molecular formula is C16H24N4O2S. The van der Waals surface area contributed by atoms with E-state index in [2.05, 4.69) is 22.1 Å². The van der Waals surface area contributed by atoms with Gasteiger partial charge in [0.05, 0.1) is 17.0 Å². The van der Waals surface area contributed by atoms with Crippen molar-refractivity contribution in [3.05, 3.63) is 39.9 Å². The molecule has 1 aliphatic rings. The van der Waals surface area contributed by atoms with Gasteiger partial charge in [-0.3, -0.25) is 10.1 Å². The second-order valence-corrected chi connectivity index (χ2v) is 6.81. The lowest BCUT2D eigenvalue weighted by molar-refractivity contribution is -0.385. The Morgan fingerprint density at radius 3 is 2.96 bits per heavy atom. The largest absolute Gasteiger partial charge is 0.357 e. The number of nitrogens with zero attached hydrogens (tertiary/aromatic N) is 3. The predicted molar refractivity (Wildman–Crippen MR) is 96.0 cm³/mol. The van der Waals surface area contributed by atoms with Crippen LogP contribution in [0, 0.1) is 10.1 Å². The van der Waals surface area contributed by atoms with Crippen molar-refractivity contribution >= 4 is 23.4 Å². The van der Waals surface area contributed by atoms with Gasteiger partial charge in [-0.25, -0.2) is 4.99 Å². The molecule has 1 N–H and O–H groups in total. The normalized spacial score (nSPS) is 18.8. The van der Waals surface area contributed by atoms with Crippen LogP contribution in [0.3, 0.4) is 0 Å².